The number of aliphatic hydroxyl groups excluding tert-OH is 1. The molecule has 0 aromatic heterocycles. The molecule has 2 aromatic carbocycles. The highest BCUT2D eigenvalue weighted by Crippen LogP contribution is 2.29. The zero-order valence-corrected chi connectivity index (χ0v) is 18.2. The molecule has 0 radical (unpaired) electrons. The predicted molar refractivity (Wildman–Crippen MR) is 116 cm³/mol. The highest BCUT2D eigenvalue weighted by atomic mass is 35.5. The van der Waals surface area contributed by atoms with Gasteiger partial charge in [0, 0.05) is 23.7 Å². The molecule has 1 aliphatic rings. The highest BCUT2D eigenvalue weighted by molar-refractivity contribution is 7.89. The lowest BCUT2D eigenvalue weighted by Gasteiger charge is -2.27. The average Bonchev–Trinajstić information content (AvgIpc) is 2.71. The fourth-order valence-electron chi connectivity index (χ4n) is 3.65. The van der Waals surface area contributed by atoms with E-state index >= 15 is 0 Å². The van der Waals surface area contributed by atoms with Crippen molar-refractivity contribution in [2.45, 2.75) is 36.6 Å². The van der Waals surface area contributed by atoms with Crippen molar-refractivity contribution >= 4 is 33.7 Å². The summed E-state index contributed by atoms with van der Waals surface area (Å²) in [5.41, 5.74) is 3.92. The molecule has 1 unspecified atom stereocenters. The molecule has 2 aromatic rings. The number of benzene rings is 2. The minimum Gasteiger partial charge on any atom is -0.466 e. The highest BCUT2D eigenvalue weighted by Gasteiger charge is 2.26. The molecule has 30 heavy (non-hydrogen) atoms. The molecule has 1 aliphatic carbocycles. The predicted octanol–water partition coefficient (Wildman–Crippen LogP) is 2.90. The minimum atomic E-state index is -3.66. The van der Waals surface area contributed by atoms with Crippen LogP contribution < -0.4 is 4.72 Å². The van der Waals surface area contributed by atoms with Gasteiger partial charge in [0.15, 0.2) is 0 Å². The molecule has 8 heteroatoms. The molecular weight excluding hydrogens is 426 g/mol. The zero-order chi connectivity index (χ0) is 21.7. The van der Waals surface area contributed by atoms with Gasteiger partial charge >= 0.3 is 5.97 Å². The summed E-state index contributed by atoms with van der Waals surface area (Å²) < 4.78 is 32.9. The van der Waals surface area contributed by atoms with Gasteiger partial charge in [-0.25, -0.2) is 17.9 Å². The Labute approximate surface area is 181 Å². The third-order valence-electron chi connectivity index (χ3n) is 5.09. The average molecular weight is 450 g/mol. The van der Waals surface area contributed by atoms with Crippen LogP contribution in [0.15, 0.2) is 47.4 Å². The van der Waals surface area contributed by atoms with E-state index in [1.54, 1.807) is 18.2 Å². The van der Waals surface area contributed by atoms with E-state index in [2.05, 4.69) is 9.46 Å². The van der Waals surface area contributed by atoms with Crippen molar-refractivity contribution in [3.63, 3.8) is 0 Å². The molecule has 6 nitrogen and oxygen atoms in total. The van der Waals surface area contributed by atoms with Crippen LogP contribution in [0.3, 0.4) is 0 Å². The number of fused-ring (bicyclic) bond motifs is 1. The number of nitrogens with one attached hydrogen (secondary N) is 1. The second kappa shape index (κ2) is 9.75. The van der Waals surface area contributed by atoms with Crippen LogP contribution in [-0.4, -0.2) is 39.3 Å². The van der Waals surface area contributed by atoms with Crippen molar-refractivity contribution in [1.82, 2.24) is 4.72 Å². The summed E-state index contributed by atoms with van der Waals surface area (Å²) in [5.74, 6) is -0.444. The van der Waals surface area contributed by atoms with Gasteiger partial charge in [0.25, 0.3) is 0 Å². The summed E-state index contributed by atoms with van der Waals surface area (Å²) in [7, 11) is -2.34. The van der Waals surface area contributed by atoms with Gasteiger partial charge < -0.3 is 9.84 Å². The number of rotatable bonds is 7. The smallest absolute Gasteiger partial charge is 0.330 e. The number of aliphatic hydroxyl groups is 1. The number of carbonyl (C=O) groups excluding carboxylic acids is 1. The first kappa shape index (κ1) is 22.5. The maximum Gasteiger partial charge on any atom is 0.330 e. The van der Waals surface area contributed by atoms with Crippen LogP contribution in [0.4, 0.5) is 0 Å². The number of hydrogen-bond acceptors (Lipinski definition) is 5. The molecule has 0 saturated carbocycles. The molecule has 0 saturated heterocycles. The lowest BCUT2D eigenvalue weighted by atomic mass is 9.84. The molecule has 160 valence electrons. The second-order valence-corrected chi connectivity index (χ2v) is 9.32. The number of halogens is 1. The maximum atomic E-state index is 12.7. The Balaban J connectivity index is 1.85. The molecule has 0 bridgehead atoms. The van der Waals surface area contributed by atoms with Gasteiger partial charge in [0.1, 0.15) is 0 Å². The number of methoxy groups -OCH3 is 1. The standard InChI is InChI=1S/C22H24ClNO5S/c1-29-22(26)9-2-16-12-15(10-11-25)13-17-14-19(5-8-21(16)17)24-30(27,28)20-6-3-18(23)4-7-20/h2-4,6-7,9,12-13,19,24-25H,5,8,10-11,14H2,1H3/b9-2+. The Hall–Kier alpha value is -2.19. The van der Waals surface area contributed by atoms with E-state index < -0.39 is 16.0 Å². The monoisotopic (exact) mass is 449 g/mol. The van der Waals surface area contributed by atoms with Crippen LogP contribution in [-0.2, 0) is 38.8 Å². The van der Waals surface area contributed by atoms with Gasteiger partial charge in [-0.2, -0.15) is 0 Å². The van der Waals surface area contributed by atoms with Crippen molar-refractivity contribution in [1.29, 1.82) is 0 Å². The van der Waals surface area contributed by atoms with Crippen molar-refractivity contribution in [2.75, 3.05) is 13.7 Å². The van der Waals surface area contributed by atoms with E-state index in [1.807, 2.05) is 12.1 Å². The van der Waals surface area contributed by atoms with Crippen LogP contribution in [0.5, 0.6) is 0 Å². The van der Waals surface area contributed by atoms with Crippen LogP contribution in [0, 0.1) is 0 Å². The van der Waals surface area contributed by atoms with Crippen molar-refractivity contribution in [3.05, 3.63) is 69.8 Å². The molecule has 0 spiro atoms. The van der Waals surface area contributed by atoms with Gasteiger partial charge in [0.05, 0.1) is 12.0 Å². The molecule has 0 aliphatic heterocycles. The van der Waals surface area contributed by atoms with E-state index in [0.29, 0.717) is 30.7 Å². The number of sulfonamides is 1. The third-order valence-corrected chi connectivity index (χ3v) is 6.88. The molecule has 2 N–H and O–H groups in total. The van der Waals surface area contributed by atoms with E-state index in [0.717, 1.165) is 22.3 Å². The van der Waals surface area contributed by atoms with Crippen LogP contribution in [0.2, 0.25) is 5.02 Å². The molecule has 0 amide bonds. The first-order chi connectivity index (χ1) is 14.3. The second-order valence-electron chi connectivity index (χ2n) is 7.17. The first-order valence-corrected chi connectivity index (χ1v) is 11.5. The van der Waals surface area contributed by atoms with Crippen molar-refractivity contribution in [2.24, 2.45) is 0 Å². The lowest BCUT2D eigenvalue weighted by Crippen LogP contribution is -2.39. The molecule has 1 atom stereocenters. The summed E-state index contributed by atoms with van der Waals surface area (Å²) >= 11 is 5.85. The van der Waals surface area contributed by atoms with E-state index in [-0.39, 0.29) is 17.5 Å². The van der Waals surface area contributed by atoms with Crippen molar-refractivity contribution in [3.8, 4) is 0 Å². The summed E-state index contributed by atoms with van der Waals surface area (Å²) in [6.07, 6.45) is 5.40. The maximum absolute atomic E-state index is 12.7. The molecule has 3 rings (SSSR count). The van der Waals surface area contributed by atoms with Crippen LogP contribution in [0.25, 0.3) is 6.08 Å². The van der Waals surface area contributed by atoms with Crippen molar-refractivity contribution < 1.29 is 23.1 Å². The summed E-state index contributed by atoms with van der Waals surface area (Å²) in [6.45, 7) is 0.00552. The summed E-state index contributed by atoms with van der Waals surface area (Å²) in [4.78, 5) is 11.7. The number of ether oxygens (including phenoxy) is 1. The fourth-order valence-corrected chi connectivity index (χ4v) is 5.04. The van der Waals surface area contributed by atoms with Gasteiger partial charge in [-0.3, -0.25) is 0 Å². The summed E-state index contributed by atoms with van der Waals surface area (Å²) in [5, 5.41) is 9.80. The number of hydrogen-bond donors (Lipinski definition) is 2. The Morgan fingerprint density at radius 1 is 1.30 bits per heavy atom. The Bertz CT molecular complexity index is 1050. The SMILES string of the molecule is COC(=O)/C=C/c1cc(CCO)cc2c1CCC(NS(=O)(=O)c1ccc(Cl)cc1)C2. The first-order valence-electron chi connectivity index (χ1n) is 9.62. The number of esters is 1. The van der Waals surface area contributed by atoms with Gasteiger partial charge in [-0.05, 0) is 78.3 Å². The Morgan fingerprint density at radius 3 is 2.70 bits per heavy atom. The van der Waals surface area contributed by atoms with Crippen LogP contribution in [0.1, 0.15) is 28.7 Å². The summed E-state index contributed by atoms with van der Waals surface area (Å²) in [6, 6.07) is 9.77. The fraction of sp³-hybridized carbons (Fsp3) is 0.318. The topological polar surface area (TPSA) is 92.7 Å². The lowest BCUT2D eigenvalue weighted by molar-refractivity contribution is -0.134. The van der Waals surface area contributed by atoms with Gasteiger partial charge in [-0.1, -0.05) is 23.7 Å². The third kappa shape index (κ3) is 5.49. The van der Waals surface area contributed by atoms with E-state index in [4.69, 9.17) is 11.6 Å². The largest absolute Gasteiger partial charge is 0.466 e. The number of carbonyl (C=O) groups is 1. The molecular formula is C22H24ClNO5S. The Kier molecular flexibility index (Phi) is 7.31. The van der Waals surface area contributed by atoms with E-state index in [9.17, 15) is 18.3 Å². The van der Waals surface area contributed by atoms with E-state index in [1.165, 1.54) is 25.3 Å². The molecule has 0 heterocycles. The Morgan fingerprint density at radius 2 is 2.03 bits per heavy atom. The van der Waals surface area contributed by atoms with Gasteiger partial charge in [-0.15, -0.1) is 0 Å². The zero-order valence-electron chi connectivity index (χ0n) is 16.6. The molecule has 0 fully saturated rings. The minimum absolute atomic E-state index is 0.00552. The normalized spacial score (nSPS) is 16.4. The quantitative estimate of drug-likeness (QED) is 0.501. The van der Waals surface area contributed by atoms with Gasteiger partial charge in [0.2, 0.25) is 10.0 Å². The van der Waals surface area contributed by atoms with Crippen LogP contribution >= 0.6 is 11.6 Å².